The molecule has 0 radical (unpaired) electrons. The molecule has 0 saturated heterocycles. The van der Waals surface area contributed by atoms with E-state index in [0.717, 1.165) is 11.3 Å². The Morgan fingerprint density at radius 3 is 2.83 bits per heavy atom. The van der Waals surface area contributed by atoms with Crippen LogP contribution in [-0.4, -0.2) is 22.0 Å². The average Bonchev–Trinajstić information content (AvgIpc) is 2.35. The van der Waals surface area contributed by atoms with Crippen molar-refractivity contribution < 1.29 is 0 Å². The number of nitrogen functional groups attached to an aromatic ring is 1. The molecule has 3 N–H and O–H groups in total. The highest BCUT2D eigenvalue weighted by Gasteiger charge is 2.17. The molecule has 2 aromatic rings. The minimum absolute atomic E-state index is 0.155. The van der Waals surface area contributed by atoms with Crippen molar-refractivity contribution in [2.75, 3.05) is 12.8 Å². The zero-order chi connectivity index (χ0) is 13.1. The Kier molecular flexibility index (Phi) is 3.74. The normalized spacial score (nSPS) is 12.4. The topological polar surface area (TPSA) is 76.7 Å². The Morgan fingerprint density at radius 1 is 1.39 bits per heavy atom. The third kappa shape index (κ3) is 2.57. The first-order chi connectivity index (χ1) is 8.61. The molecule has 5 nitrogen and oxygen atoms in total. The first kappa shape index (κ1) is 12.7. The number of nitrogens with one attached hydrogen (secondary N) is 1. The lowest BCUT2D eigenvalue weighted by atomic mass is 10.0. The number of nitrogens with zero attached hydrogens (tertiary/aromatic N) is 3. The molecule has 0 aromatic carbocycles. The summed E-state index contributed by atoms with van der Waals surface area (Å²) in [5.74, 6) is 1.15. The van der Waals surface area contributed by atoms with Crippen LogP contribution < -0.4 is 11.1 Å². The van der Waals surface area contributed by atoms with Gasteiger partial charge in [0.1, 0.15) is 11.6 Å². The van der Waals surface area contributed by atoms with Crippen molar-refractivity contribution in [3.05, 3.63) is 46.6 Å². The fraction of sp³-hybridized carbons (Fsp3) is 0.250. The van der Waals surface area contributed by atoms with E-state index in [9.17, 15) is 0 Å². The molecule has 1 atom stereocenters. The van der Waals surface area contributed by atoms with Crippen molar-refractivity contribution in [2.24, 2.45) is 0 Å². The van der Waals surface area contributed by atoms with Gasteiger partial charge in [0.05, 0.1) is 16.8 Å². The van der Waals surface area contributed by atoms with Gasteiger partial charge in [0, 0.05) is 18.0 Å². The van der Waals surface area contributed by atoms with Crippen molar-refractivity contribution in [1.82, 2.24) is 20.3 Å². The molecule has 0 aliphatic rings. The van der Waals surface area contributed by atoms with Crippen LogP contribution in [0, 0.1) is 6.92 Å². The number of pyridine rings is 1. The summed E-state index contributed by atoms with van der Waals surface area (Å²) in [5.41, 5.74) is 7.53. The number of hydrogen-bond donors (Lipinski definition) is 2. The van der Waals surface area contributed by atoms with E-state index in [0.29, 0.717) is 16.7 Å². The summed E-state index contributed by atoms with van der Waals surface area (Å²) in [6.07, 6.45) is 3.24. The molecule has 2 heterocycles. The molecule has 0 fully saturated rings. The number of aromatic nitrogens is 3. The van der Waals surface area contributed by atoms with Crippen LogP contribution in [0.4, 0.5) is 5.82 Å². The molecule has 0 amide bonds. The summed E-state index contributed by atoms with van der Waals surface area (Å²) in [6.45, 7) is 1.84. The van der Waals surface area contributed by atoms with Crippen molar-refractivity contribution in [2.45, 2.75) is 13.0 Å². The molecular formula is C12H14ClN5. The summed E-state index contributed by atoms with van der Waals surface area (Å²) in [4.78, 5) is 12.5. The molecule has 94 valence electrons. The average molecular weight is 264 g/mol. The second kappa shape index (κ2) is 5.29. The van der Waals surface area contributed by atoms with E-state index in [-0.39, 0.29) is 6.04 Å². The lowest BCUT2D eigenvalue weighted by molar-refractivity contribution is 0.664. The molecule has 0 bridgehead atoms. The maximum atomic E-state index is 5.96. The van der Waals surface area contributed by atoms with Gasteiger partial charge in [0.15, 0.2) is 0 Å². The maximum absolute atomic E-state index is 5.96. The number of rotatable bonds is 3. The van der Waals surface area contributed by atoms with Gasteiger partial charge in [-0.25, -0.2) is 15.0 Å². The van der Waals surface area contributed by atoms with Gasteiger partial charge in [-0.2, -0.15) is 0 Å². The van der Waals surface area contributed by atoms with E-state index < -0.39 is 0 Å². The first-order valence-electron chi connectivity index (χ1n) is 5.49. The number of anilines is 1. The quantitative estimate of drug-likeness (QED) is 0.882. The Morgan fingerprint density at radius 2 is 2.17 bits per heavy atom. The maximum Gasteiger partial charge on any atom is 0.128 e. The molecule has 1 unspecified atom stereocenters. The van der Waals surface area contributed by atoms with Gasteiger partial charge in [-0.3, -0.25) is 0 Å². The first-order valence-corrected chi connectivity index (χ1v) is 5.87. The third-order valence-electron chi connectivity index (χ3n) is 2.61. The van der Waals surface area contributed by atoms with Crippen LogP contribution in [0.15, 0.2) is 24.5 Å². The molecular weight excluding hydrogens is 250 g/mol. The zero-order valence-corrected chi connectivity index (χ0v) is 10.9. The molecule has 18 heavy (non-hydrogen) atoms. The van der Waals surface area contributed by atoms with Crippen LogP contribution in [0.1, 0.15) is 23.1 Å². The molecule has 2 rings (SSSR count). The van der Waals surface area contributed by atoms with Crippen LogP contribution in [0.25, 0.3) is 0 Å². The lowest BCUT2D eigenvalue weighted by Gasteiger charge is -2.17. The van der Waals surface area contributed by atoms with Crippen LogP contribution in [0.5, 0.6) is 0 Å². The molecule has 6 heteroatoms. The monoisotopic (exact) mass is 263 g/mol. The van der Waals surface area contributed by atoms with Gasteiger partial charge in [0.25, 0.3) is 0 Å². The SMILES string of the molecule is CNC(c1ccnc(C)n1)c1cc(Cl)cnc1N. The number of hydrogen-bond acceptors (Lipinski definition) is 5. The van der Waals surface area contributed by atoms with Gasteiger partial charge in [0.2, 0.25) is 0 Å². The summed E-state index contributed by atoms with van der Waals surface area (Å²) in [6, 6.07) is 3.48. The van der Waals surface area contributed by atoms with Crippen molar-refractivity contribution in [3.8, 4) is 0 Å². The van der Waals surface area contributed by atoms with Crippen LogP contribution in [0.2, 0.25) is 5.02 Å². The molecule has 0 spiro atoms. The Hall–Kier alpha value is -1.72. The van der Waals surface area contributed by atoms with E-state index >= 15 is 0 Å². The fourth-order valence-electron chi connectivity index (χ4n) is 1.79. The zero-order valence-electron chi connectivity index (χ0n) is 10.2. The van der Waals surface area contributed by atoms with E-state index in [4.69, 9.17) is 17.3 Å². The Balaban J connectivity index is 2.48. The van der Waals surface area contributed by atoms with Gasteiger partial charge in [-0.1, -0.05) is 11.6 Å². The van der Waals surface area contributed by atoms with Gasteiger partial charge >= 0.3 is 0 Å². The second-order valence-electron chi connectivity index (χ2n) is 3.88. The molecule has 2 aromatic heterocycles. The van der Waals surface area contributed by atoms with Crippen LogP contribution in [0.3, 0.4) is 0 Å². The second-order valence-corrected chi connectivity index (χ2v) is 4.31. The highest BCUT2D eigenvalue weighted by atomic mass is 35.5. The van der Waals surface area contributed by atoms with Crippen molar-refractivity contribution >= 4 is 17.4 Å². The molecule has 0 saturated carbocycles. The highest BCUT2D eigenvalue weighted by Crippen LogP contribution is 2.26. The van der Waals surface area contributed by atoms with E-state index in [2.05, 4.69) is 20.3 Å². The van der Waals surface area contributed by atoms with Crippen LogP contribution in [-0.2, 0) is 0 Å². The van der Waals surface area contributed by atoms with E-state index in [1.54, 1.807) is 12.3 Å². The molecule has 0 aliphatic carbocycles. The lowest BCUT2D eigenvalue weighted by Crippen LogP contribution is -2.21. The summed E-state index contributed by atoms with van der Waals surface area (Å²) in [7, 11) is 1.84. The highest BCUT2D eigenvalue weighted by molar-refractivity contribution is 6.30. The third-order valence-corrected chi connectivity index (χ3v) is 2.82. The van der Waals surface area contributed by atoms with Crippen molar-refractivity contribution in [3.63, 3.8) is 0 Å². The minimum Gasteiger partial charge on any atom is -0.383 e. The van der Waals surface area contributed by atoms with Gasteiger partial charge < -0.3 is 11.1 Å². The smallest absolute Gasteiger partial charge is 0.128 e. The summed E-state index contributed by atoms with van der Waals surface area (Å²) in [5, 5.41) is 3.71. The number of nitrogens with two attached hydrogens (primary N) is 1. The summed E-state index contributed by atoms with van der Waals surface area (Å²) < 4.78 is 0. The van der Waals surface area contributed by atoms with E-state index in [1.165, 1.54) is 6.20 Å². The van der Waals surface area contributed by atoms with E-state index in [1.807, 2.05) is 20.0 Å². The fourth-order valence-corrected chi connectivity index (χ4v) is 1.96. The minimum atomic E-state index is -0.155. The number of halogens is 1. The predicted molar refractivity (Wildman–Crippen MR) is 71.3 cm³/mol. The Labute approximate surface area is 110 Å². The van der Waals surface area contributed by atoms with Crippen molar-refractivity contribution in [1.29, 1.82) is 0 Å². The predicted octanol–water partition coefficient (Wildman–Crippen LogP) is 1.72. The van der Waals surface area contributed by atoms with Gasteiger partial charge in [-0.05, 0) is 26.1 Å². The number of aryl methyl sites for hydroxylation is 1. The largest absolute Gasteiger partial charge is 0.383 e. The standard InChI is InChI=1S/C12H14ClN5/c1-7-16-4-3-10(18-7)11(15-2)9-5-8(13)6-17-12(9)14/h3-6,11,15H,1-2H3,(H2,14,17). The summed E-state index contributed by atoms with van der Waals surface area (Å²) >= 11 is 5.96. The molecule has 0 aliphatic heterocycles. The Bertz CT molecular complexity index is 558. The van der Waals surface area contributed by atoms with Gasteiger partial charge in [-0.15, -0.1) is 0 Å². The van der Waals surface area contributed by atoms with Crippen LogP contribution >= 0.6 is 11.6 Å².